The highest BCUT2D eigenvalue weighted by Gasteiger charge is 2.22. The van der Waals surface area contributed by atoms with E-state index in [1.54, 1.807) is 6.07 Å². The Morgan fingerprint density at radius 1 is 1.17 bits per heavy atom. The molecule has 0 saturated heterocycles. The van der Waals surface area contributed by atoms with Gasteiger partial charge in [-0.1, -0.05) is 47.6 Å². The number of thioether (sulfide) groups is 1. The molecular formula is C22H19ClN4O2S. The molecule has 0 N–H and O–H groups in total. The van der Waals surface area contributed by atoms with Crippen molar-refractivity contribution in [3.63, 3.8) is 0 Å². The summed E-state index contributed by atoms with van der Waals surface area (Å²) in [5, 5.41) is 10.8. The first kappa shape index (κ1) is 19.2. The van der Waals surface area contributed by atoms with Crippen molar-refractivity contribution in [3.8, 4) is 11.6 Å². The number of hydrogen-bond acceptors (Lipinski definition) is 5. The van der Waals surface area contributed by atoms with Crippen molar-refractivity contribution in [1.82, 2.24) is 19.7 Å². The van der Waals surface area contributed by atoms with Crippen molar-refractivity contribution < 1.29 is 9.21 Å². The summed E-state index contributed by atoms with van der Waals surface area (Å²) in [6.45, 7) is 1.42. The maximum Gasteiger partial charge on any atom is 0.233 e. The second-order valence-corrected chi connectivity index (χ2v) is 8.66. The second kappa shape index (κ2) is 7.81. The molecule has 2 aromatic carbocycles. The van der Waals surface area contributed by atoms with Crippen molar-refractivity contribution in [2.75, 3.05) is 12.3 Å². The van der Waals surface area contributed by atoms with E-state index >= 15 is 0 Å². The number of carbonyl (C=O) groups is 1. The molecule has 8 heteroatoms. The molecule has 3 heterocycles. The molecule has 152 valence electrons. The molecule has 6 nitrogen and oxygen atoms in total. The number of fused-ring (bicyclic) bond motifs is 2. The molecule has 5 rings (SSSR count). The van der Waals surface area contributed by atoms with Crippen molar-refractivity contribution >= 4 is 40.2 Å². The molecule has 0 atom stereocenters. The SMILES string of the molecule is Cn1c(SCC(=O)N2CCc3ccccc3C2)nnc1-c1cc2cc(Cl)ccc2o1. The number of amides is 1. The standard InChI is InChI=1S/C22H19ClN4O2S/c1-26-21(19-11-16-10-17(23)6-7-18(16)29-19)24-25-22(26)30-13-20(28)27-9-8-14-4-2-3-5-15(14)12-27/h2-7,10-11H,8-9,12-13H2,1H3. The Bertz CT molecular complexity index is 1250. The Balaban J connectivity index is 1.28. The van der Waals surface area contributed by atoms with Crippen LogP contribution in [0, 0.1) is 0 Å². The van der Waals surface area contributed by atoms with Crippen LogP contribution < -0.4 is 0 Å². The molecule has 4 aromatic rings. The number of furan rings is 1. The number of carbonyl (C=O) groups excluding carboxylic acids is 1. The van der Waals surface area contributed by atoms with Gasteiger partial charge in [0.1, 0.15) is 5.58 Å². The van der Waals surface area contributed by atoms with Gasteiger partial charge in [-0.05, 0) is 41.8 Å². The molecule has 30 heavy (non-hydrogen) atoms. The molecule has 0 bridgehead atoms. The zero-order valence-electron chi connectivity index (χ0n) is 16.3. The number of rotatable bonds is 4. The van der Waals surface area contributed by atoms with Crippen LogP contribution in [0.4, 0.5) is 0 Å². The Morgan fingerprint density at radius 2 is 2.00 bits per heavy atom. The molecule has 0 unspecified atom stereocenters. The summed E-state index contributed by atoms with van der Waals surface area (Å²) in [7, 11) is 1.87. The predicted octanol–water partition coefficient (Wildman–Crippen LogP) is 4.56. The lowest BCUT2D eigenvalue weighted by Gasteiger charge is -2.28. The molecule has 0 fully saturated rings. The summed E-state index contributed by atoms with van der Waals surface area (Å²) >= 11 is 7.45. The van der Waals surface area contributed by atoms with Crippen LogP contribution in [0.3, 0.4) is 0 Å². The summed E-state index contributed by atoms with van der Waals surface area (Å²) in [5.41, 5.74) is 3.31. The minimum atomic E-state index is 0.109. The van der Waals surface area contributed by atoms with Gasteiger partial charge in [0.2, 0.25) is 5.91 Å². The number of aromatic nitrogens is 3. The predicted molar refractivity (Wildman–Crippen MR) is 118 cm³/mol. The maximum atomic E-state index is 12.7. The van der Waals surface area contributed by atoms with Gasteiger partial charge in [0.05, 0.1) is 5.75 Å². The average molecular weight is 439 g/mol. The Morgan fingerprint density at radius 3 is 2.87 bits per heavy atom. The molecule has 1 aliphatic rings. The van der Waals surface area contributed by atoms with Gasteiger partial charge in [-0.3, -0.25) is 4.79 Å². The largest absolute Gasteiger partial charge is 0.453 e. The second-order valence-electron chi connectivity index (χ2n) is 7.28. The van der Waals surface area contributed by atoms with E-state index in [0.717, 1.165) is 23.9 Å². The van der Waals surface area contributed by atoms with E-state index in [9.17, 15) is 4.79 Å². The molecule has 1 amide bonds. The quantitative estimate of drug-likeness (QED) is 0.437. The smallest absolute Gasteiger partial charge is 0.233 e. The van der Waals surface area contributed by atoms with E-state index < -0.39 is 0 Å². The maximum absolute atomic E-state index is 12.7. The Labute approximate surface area is 182 Å². The molecule has 0 aliphatic carbocycles. The zero-order valence-corrected chi connectivity index (χ0v) is 17.9. The Kier molecular flexibility index (Phi) is 5.00. The van der Waals surface area contributed by atoms with Crippen LogP contribution in [0.25, 0.3) is 22.6 Å². The van der Waals surface area contributed by atoms with Gasteiger partial charge >= 0.3 is 0 Å². The van der Waals surface area contributed by atoms with Gasteiger partial charge in [-0.15, -0.1) is 10.2 Å². The van der Waals surface area contributed by atoms with Gasteiger partial charge in [0.15, 0.2) is 16.7 Å². The van der Waals surface area contributed by atoms with Crippen LogP contribution in [0.15, 0.2) is 58.1 Å². The first-order valence-electron chi connectivity index (χ1n) is 9.65. The van der Waals surface area contributed by atoms with Crippen LogP contribution in [0.1, 0.15) is 11.1 Å². The van der Waals surface area contributed by atoms with Crippen LogP contribution in [0.2, 0.25) is 5.02 Å². The van der Waals surface area contributed by atoms with E-state index in [1.807, 2.05) is 40.8 Å². The first-order chi connectivity index (χ1) is 14.6. The molecule has 0 spiro atoms. The normalized spacial score (nSPS) is 13.6. The molecular weight excluding hydrogens is 420 g/mol. The van der Waals surface area contributed by atoms with Gasteiger partial charge in [-0.2, -0.15) is 0 Å². The van der Waals surface area contributed by atoms with E-state index in [2.05, 4.69) is 28.4 Å². The number of nitrogens with zero attached hydrogens (tertiary/aromatic N) is 4. The van der Waals surface area contributed by atoms with E-state index in [4.69, 9.17) is 16.0 Å². The van der Waals surface area contributed by atoms with Crippen LogP contribution in [0.5, 0.6) is 0 Å². The third-order valence-corrected chi connectivity index (χ3v) is 6.58. The fourth-order valence-electron chi connectivity index (χ4n) is 3.71. The van der Waals surface area contributed by atoms with E-state index in [1.165, 1.54) is 22.9 Å². The zero-order chi connectivity index (χ0) is 20.7. The van der Waals surface area contributed by atoms with Gasteiger partial charge in [0, 0.05) is 30.5 Å². The number of hydrogen-bond donors (Lipinski definition) is 0. The summed E-state index contributed by atoms with van der Waals surface area (Å²) in [6, 6.07) is 15.7. The summed E-state index contributed by atoms with van der Waals surface area (Å²) in [4.78, 5) is 14.6. The van der Waals surface area contributed by atoms with Crippen molar-refractivity contribution in [1.29, 1.82) is 0 Å². The van der Waals surface area contributed by atoms with Gasteiger partial charge in [0.25, 0.3) is 0 Å². The third kappa shape index (κ3) is 3.59. The topological polar surface area (TPSA) is 64.2 Å². The summed E-state index contributed by atoms with van der Waals surface area (Å²) in [5.74, 6) is 1.67. The lowest BCUT2D eigenvalue weighted by Crippen LogP contribution is -2.37. The highest BCUT2D eigenvalue weighted by atomic mass is 35.5. The van der Waals surface area contributed by atoms with E-state index in [0.29, 0.717) is 34.1 Å². The molecule has 1 aliphatic heterocycles. The number of halogens is 1. The minimum Gasteiger partial charge on any atom is -0.453 e. The van der Waals surface area contributed by atoms with Gasteiger partial charge in [-0.25, -0.2) is 0 Å². The monoisotopic (exact) mass is 438 g/mol. The lowest BCUT2D eigenvalue weighted by molar-refractivity contribution is -0.129. The van der Waals surface area contributed by atoms with Crippen LogP contribution in [-0.2, 0) is 24.8 Å². The highest BCUT2D eigenvalue weighted by molar-refractivity contribution is 7.99. The summed E-state index contributed by atoms with van der Waals surface area (Å²) < 4.78 is 7.74. The van der Waals surface area contributed by atoms with Gasteiger partial charge < -0.3 is 13.9 Å². The van der Waals surface area contributed by atoms with Crippen molar-refractivity contribution in [2.24, 2.45) is 7.05 Å². The number of benzene rings is 2. The average Bonchev–Trinajstić information content (AvgIpc) is 3.34. The Hall–Kier alpha value is -2.77. The van der Waals surface area contributed by atoms with Crippen molar-refractivity contribution in [2.45, 2.75) is 18.1 Å². The fourth-order valence-corrected chi connectivity index (χ4v) is 4.70. The molecule has 2 aromatic heterocycles. The van der Waals surface area contributed by atoms with Crippen molar-refractivity contribution in [3.05, 3.63) is 64.7 Å². The minimum absolute atomic E-state index is 0.109. The van der Waals surface area contributed by atoms with Crippen LogP contribution in [-0.4, -0.2) is 37.9 Å². The lowest BCUT2D eigenvalue weighted by atomic mass is 10.00. The third-order valence-electron chi connectivity index (χ3n) is 5.34. The fraction of sp³-hybridized carbons (Fsp3) is 0.227. The summed E-state index contributed by atoms with van der Waals surface area (Å²) in [6.07, 6.45) is 0.900. The van der Waals surface area contributed by atoms with E-state index in [-0.39, 0.29) is 5.91 Å². The molecule has 0 radical (unpaired) electrons. The van der Waals surface area contributed by atoms with Crippen LogP contribution >= 0.6 is 23.4 Å². The first-order valence-corrected chi connectivity index (χ1v) is 11.0. The molecule has 0 saturated carbocycles. The highest BCUT2D eigenvalue weighted by Crippen LogP contribution is 2.30.